The second-order valence-corrected chi connectivity index (χ2v) is 5.95. The largest absolute Gasteiger partial charge is 0.326 e. The second-order valence-electron chi connectivity index (χ2n) is 5.55. The van der Waals surface area contributed by atoms with Crippen molar-refractivity contribution in [3.05, 3.63) is 23.2 Å². The van der Waals surface area contributed by atoms with Crippen LogP contribution in [-0.4, -0.2) is 17.4 Å². The van der Waals surface area contributed by atoms with E-state index < -0.39 is 5.54 Å². The summed E-state index contributed by atoms with van der Waals surface area (Å²) in [5.41, 5.74) is 6.41. The van der Waals surface area contributed by atoms with Crippen molar-refractivity contribution in [2.75, 3.05) is 10.6 Å². The highest BCUT2D eigenvalue weighted by molar-refractivity contribution is 6.34. The molecular formula is C15H21Cl2N3O2. The number of nitrogens with one attached hydrogen (secondary N) is 2. The molecule has 4 N–H and O–H groups in total. The molecule has 1 saturated carbocycles. The van der Waals surface area contributed by atoms with Crippen molar-refractivity contribution in [2.45, 2.75) is 44.6 Å². The highest BCUT2D eigenvalue weighted by Gasteiger charge is 2.35. The minimum absolute atomic E-state index is 0. The van der Waals surface area contributed by atoms with E-state index in [1.165, 1.54) is 6.92 Å². The number of carbonyl (C=O) groups excluding carboxylic acids is 2. The van der Waals surface area contributed by atoms with Crippen LogP contribution in [0.2, 0.25) is 5.02 Å². The Labute approximate surface area is 141 Å². The topological polar surface area (TPSA) is 84.2 Å². The molecular weight excluding hydrogens is 325 g/mol. The van der Waals surface area contributed by atoms with Gasteiger partial charge < -0.3 is 16.4 Å². The van der Waals surface area contributed by atoms with E-state index in [2.05, 4.69) is 10.6 Å². The van der Waals surface area contributed by atoms with Crippen molar-refractivity contribution < 1.29 is 9.59 Å². The average Bonchev–Trinajstić information content (AvgIpc) is 2.42. The molecule has 0 radical (unpaired) electrons. The molecule has 2 amide bonds. The summed E-state index contributed by atoms with van der Waals surface area (Å²) >= 11 is 6.09. The van der Waals surface area contributed by atoms with Crippen molar-refractivity contribution in [3.8, 4) is 0 Å². The van der Waals surface area contributed by atoms with Crippen LogP contribution in [0.1, 0.15) is 39.0 Å². The lowest BCUT2D eigenvalue weighted by atomic mass is 9.82. The van der Waals surface area contributed by atoms with Gasteiger partial charge in [-0.15, -0.1) is 12.4 Å². The van der Waals surface area contributed by atoms with E-state index in [1.54, 1.807) is 18.2 Å². The van der Waals surface area contributed by atoms with Crippen LogP contribution in [0.25, 0.3) is 0 Å². The van der Waals surface area contributed by atoms with Crippen molar-refractivity contribution >= 4 is 47.2 Å². The van der Waals surface area contributed by atoms with Crippen LogP contribution >= 0.6 is 24.0 Å². The van der Waals surface area contributed by atoms with Gasteiger partial charge in [-0.3, -0.25) is 9.59 Å². The fourth-order valence-electron chi connectivity index (χ4n) is 2.56. The minimum Gasteiger partial charge on any atom is -0.326 e. The maximum atomic E-state index is 12.4. The Bertz CT molecular complexity index is 558. The highest BCUT2D eigenvalue weighted by Crippen LogP contribution is 2.30. The molecule has 0 saturated heterocycles. The average molecular weight is 346 g/mol. The number of hydrogen-bond donors (Lipinski definition) is 3. The molecule has 0 atom stereocenters. The van der Waals surface area contributed by atoms with Crippen molar-refractivity contribution in [1.82, 2.24) is 0 Å². The number of nitrogens with two attached hydrogens (primary N) is 1. The number of hydrogen-bond acceptors (Lipinski definition) is 3. The number of carbonyl (C=O) groups is 2. The van der Waals surface area contributed by atoms with Crippen molar-refractivity contribution in [3.63, 3.8) is 0 Å². The second kappa shape index (κ2) is 7.81. The molecule has 1 fully saturated rings. The van der Waals surface area contributed by atoms with E-state index >= 15 is 0 Å². The number of amides is 2. The maximum Gasteiger partial charge on any atom is 0.244 e. The molecule has 0 aliphatic heterocycles. The highest BCUT2D eigenvalue weighted by atomic mass is 35.5. The molecule has 1 aromatic rings. The van der Waals surface area contributed by atoms with Gasteiger partial charge in [0, 0.05) is 12.6 Å². The molecule has 1 aliphatic carbocycles. The van der Waals surface area contributed by atoms with Crippen LogP contribution < -0.4 is 16.4 Å². The van der Waals surface area contributed by atoms with E-state index in [4.69, 9.17) is 17.3 Å². The van der Waals surface area contributed by atoms with E-state index in [-0.39, 0.29) is 24.2 Å². The predicted octanol–water partition coefficient (Wildman–Crippen LogP) is 3.32. The Balaban J connectivity index is 0.00000242. The van der Waals surface area contributed by atoms with Gasteiger partial charge >= 0.3 is 0 Å². The minimum atomic E-state index is -0.828. The molecule has 1 aliphatic rings. The molecule has 0 spiro atoms. The third-order valence-electron chi connectivity index (χ3n) is 3.73. The molecule has 0 unspecified atom stereocenters. The summed E-state index contributed by atoms with van der Waals surface area (Å²) in [6.45, 7) is 1.42. The molecule has 22 heavy (non-hydrogen) atoms. The number of rotatable bonds is 3. The lowest BCUT2D eigenvalue weighted by molar-refractivity contribution is -0.122. The van der Waals surface area contributed by atoms with Gasteiger partial charge in [0.2, 0.25) is 11.8 Å². The first-order valence-electron chi connectivity index (χ1n) is 7.08. The summed E-state index contributed by atoms with van der Waals surface area (Å²) in [7, 11) is 0. The molecule has 122 valence electrons. The Hall–Kier alpha value is -1.30. The van der Waals surface area contributed by atoms with Gasteiger partial charge in [0.05, 0.1) is 16.2 Å². The molecule has 1 aromatic carbocycles. The van der Waals surface area contributed by atoms with Gasteiger partial charge in [0.1, 0.15) is 0 Å². The fourth-order valence-corrected chi connectivity index (χ4v) is 2.72. The number of benzene rings is 1. The SMILES string of the molecule is CC(=O)Nc1ccc(Cl)c(NC(=O)C2(N)CCCCC2)c1.Cl. The van der Waals surface area contributed by atoms with Crippen LogP contribution in [-0.2, 0) is 9.59 Å². The lowest BCUT2D eigenvalue weighted by Gasteiger charge is -2.31. The molecule has 2 rings (SSSR count). The summed E-state index contributed by atoms with van der Waals surface area (Å²) < 4.78 is 0. The van der Waals surface area contributed by atoms with E-state index in [0.717, 1.165) is 19.3 Å². The monoisotopic (exact) mass is 345 g/mol. The third-order valence-corrected chi connectivity index (χ3v) is 4.06. The zero-order valence-electron chi connectivity index (χ0n) is 12.4. The van der Waals surface area contributed by atoms with Gasteiger partial charge in [-0.05, 0) is 31.0 Å². The first-order valence-corrected chi connectivity index (χ1v) is 7.46. The first kappa shape index (κ1) is 18.7. The smallest absolute Gasteiger partial charge is 0.244 e. The van der Waals surface area contributed by atoms with E-state index in [9.17, 15) is 9.59 Å². The molecule has 0 heterocycles. The van der Waals surface area contributed by atoms with Crippen LogP contribution in [0.5, 0.6) is 0 Å². The van der Waals surface area contributed by atoms with Crippen LogP contribution in [0.15, 0.2) is 18.2 Å². The maximum absolute atomic E-state index is 12.4. The van der Waals surface area contributed by atoms with Gasteiger partial charge in [0.15, 0.2) is 0 Å². The Morgan fingerprint density at radius 1 is 1.18 bits per heavy atom. The first-order chi connectivity index (χ1) is 9.90. The third kappa shape index (κ3) is 4.60. The fraction of sp³-hybridized carbons (Fsp3) is 0.467. The van der Waals surface area contributed by atoms with Gasteiger partial charge in [-0.2, -0.15) is 0 Å². The Morgan fingerprint density at radius 2 is 1.82 bits per heavy atom. The summed E-state index contributed by atoms with van der Waals surface area (Å²) in [6.07, 6.45) is 4.40. The standard InChI is InChI=1S/C15H20ClN3O2.ClH/c1-10(20)18-11-5-6-12(16)13(9-11)19-14(21)15(17)7-3-2-4-8-15;/h5-6,9H,2-4,7-8,17H2,1H3,(H,18,20)(H,19,21);1H. The van der Waals surface area contributed by atoms with Crippen molar-refractivity contribution in [2.24, 2.45) is 5.73 Å². The molecule has 7 heteroatoms. The van der Waals surface area contributed by atoms with Gasteiger partial charge in [-0.25, -0.2) is 0 Å². The van der Waals surface area contributed by atoms with Gasteiger partial charge in [0.25, 0.3) is 0 Å². The van der Waals surface area contributed by atoms with Crippen LogP contribution in [0.3, 0.4) is 0 Å². The van der Waals surface area contributed by atoms with E-state index in [0.29, 0.717) is 29.2 Å². The zero-order valence-corrected chi connectivity index (χ0v) is 14.0. The summed E-state index contributed by atoms with van der Waals surface area (Å²) in [6, 6.07) is 4.94. The van der Waals surface area contributed by atoms with Gasteiger partial charge in [-0.1, -0.05) is 30.9 Å². The number of anilines is 2. The van der Waals surface area contributed by atoms with E-state index in [1.807, 2.05) is 0 Å². The summed E-state index contributed by atoms with van der Waals surface area (Å²) in [4.78, 5) is 23.5. The molecule has 0 aromatic heterocycles. The quantitative estimate of drug-likeness (QED) is 0.785. The Kier molecular flexibility index (Phi) is 6.66. The van der Waals surface area contributed by atoms with Crippen LogP contribution in [0.4, 0.5) is 11.4 Å². The molecule has 0 bridgehead atoms. The van der Waals surface area contributed by atoms with Crippen molar-refractivity contribution in [1.29, 1.82) is 0 Å². The zero-order chi connectivity index (χ0) is 15.5. The summed E-state index contributed by atoms with van der Waals surface area (Å²) in [5, 5.41) is 5.86. The van der Waals surface area contributed by atoms with Crippen LogP contribution in [0, 0.1) is 0 Å². The normalized spacial score (nSPS) is 16.3. The predicted molar refractivity (Wildman–Crippen MR) is 91.6 cm³/mol. The Morgan fingerprint density at radius 3 is 2.41 bits per heavy atom. The lowest BCUT2D eigenvalue weighted by Crippen LogP contribution is -2.52. The summed E-state index contributed by atoms with van der Waals surface area (Å²) in [5.74, 6) is -0.402. The molecule has 5 nitrogen and oxygen atoms in total. The number of halogens is 2.